The van der Waals surface area contributed by atoms with Gasteiger partial charge in [0.05, 0.1) is 5.56 Å². The Morgan fingerprint density at radius 2 is 1.95 bits per heavy atom. The van der Waals surface area contributed by atoms with Crippen LogP contribution in [0.15, 0.2) is 54.9 Å². The van der Waals surface area contributed by atoms with Gasteiger partial charge in [0.15, 0.2) is 0 Å². The first kappa shape index (κ1) is 14.3. The fourth-order valence-electron chi connectivity index (χ4n) is 2.08. The second-order valence-electron chi connectivity index (χ2n) is 4.81. The molecule has 0 saturated carbocycles. The smallest absolute Gasteiger partial charge is 0.255 e. The summed E-state index contributed by atoms with van der Waals surface area (Å²) in [5, 5.41) is 0. The van der Waals surface area contributed by atoms with E-state index in [1.807, 2.05) is 29.2 Å². The van der Waals surface area contributed by atoms with Crippen molar-refractivity contribution in [2.24, 2.45) is 0 Å². The number of pyridine rings is 1. The number of carbonyl (C=O) groups is 1. The first-order chi connectivity index (χ1) is 9.81. The average Bonchev–Trinajstić information content (AvgIpc) is 2.52. The minimum Gasteiger partial charge on any atom is -0.334 e. The van der Waals surface area contributed by atoms with E-state index in [1.54, 1.807) is 18.5 Å². The molecule has 0 fully saturated rings. The van der Waals surface area contributed by atoms with Crippen molar-refractivity contribution < 1.29 is 4.79 Å². The summed E-state index contributed by atoms with van der Waals surface area (Å²) in [5.74, 6) is 0.0513. The van der Waals surface area contributed by atoms with Gasteiger partial charge in [-0.3, -0.25) is 9.78 Å². The molecule has 0 atom stereocenters. The first-order valence-corrected chi connectivity index (χ1v) is 7.04. The van der Waals surface area contributed by atoms with E-state index in [2.05, 4.69) is 24.0 Å². The Balaban J connectivity index is 2.13. The number of amides is 1. The molecule has 3 heteroatoms. The molecule has 0 saturated heterocycles. The molecule has 0 spiro atoms. The highest BCUT2D eigenvalue weighted by Crippen LogP contribution is 2.10. The van der Waals surface area contributed by atoms with Crippen molar-refractivity contribution in [3.8, 4) is 0 Å². The Hall–Kier alpha value is -2.16. The first-order valence-electron chi connectivity index (χ1n) is 7.04. The number of hydrogen-bond donors (Lipinski definition) is 0. The summed E-state index contributed by atoms with van der Waals surface area (Å²) in [6.45, 7) is 3.56. The van der Waals surface area contributed by atoms with Crippen LogP contribution in [0.2, 0.25) is 0 Å². The van der Waals surface area contributed by atoms with E-state index in [4.69, 9.17) is 0 Å². The third-order valence-corrected chi connectivity index (χ3v) is 3.19. The van der Waals surface area contributed by atoms with Gasteiger partial charge in [-0.15, -0.1) is 0 Å². The van der Waals surface area contributed by atoms with Crippen molar-refractivity contribution in [1.82, 2.24) is 9.88 Å². The molecule has 3 nitrogen and oxygen atoms in total. The lowest BCUT2D eigenvalue weighted by atomic mass is 10.1. The molecule has 20 heavy (non-hydrogen) atoms. The average molecular weight is 268 g/mol. The Morgan fingerprint density at radius 3 is 2.60 bits per heavy atom. The van der Waals surface area contributed by atoms with Crippen molar-refractivity contribution in [2.45, 2.75) is 26.3 Å². The highest BCUT2D eigenvalue weighted by atomic mass is 16.2. The van der Waals surface area contributed by atoms with Gasteiger partial charge in [0, 0.05) is 25.5 Å². The summed E-state index contributed by atoms with van der Waals surface area (Å²) < 4.78 is 0. The minimum absolute atomic E-state index is 0.0513. The van der Waals surface area contributed by atoms with Gasteiger partial charge in [0.2, 0.25) is 0 Å². The molecule has 1 aromatic carbocycles. The van der Waals surface area contributed by atoms with E-state index in [-0.39, 0.29) is 5.91 Å². The minimum atomic E-state index is 0.0513. The standard InChI is InChI=1S/C17H20N2O/c1-2-3-12-19(14-15-8-5-4-6-9-15)17(20)16-10-7-11-18-13-16/h4-11,13H,2-3,12,14H2,1H3. The Kier molecular flexibility index (Phi) is 5.30. The van der Waals surface area contributed by atoms with Gasteiger partial charge in [0.1, 0.15) is 0 Å². The van der Waals surface area contributed by atoms with Crippen LogP contribution in [0.5, 0.6) is 0 Å². The number of carbonyl (C=O) groups excluding carboxylic acids is 1. The van der Waals surface area contributed by atoms with E-state index in [0.717, 1.165) is 24.9 Å². The molecule has 1 heterocycles. The van der Waals surface area contributed by atoms with Crippen molar-refractivity contribution in [1.29, 1.82) is 0 Å². The van der Waals surface area contributed by atoms with Crippen molar-refractivity contribution >= 4 is 5.91 Å². The largest absolute Gasteiger partial charge is 0.334 e. The summed E-state index contributed by atoms with van der Waals surface area (Å²) in [6.07, 6.45) is 5.40. The van der Waals surface area contributed by atoms with Gasteiger partial charge < -0.3 is 4.90 Å². The fraction of sp³-hybridized carbons (Fsp3) is 0.294. The molecular weight excluding hydrogens is 248 g/mol. The Bertz CT molecular complexity index is 525. The van der Waals surface area contributed by atoms with Crippen molar-refractivity contribution in [3.05, 3.63) is 66.0 Å². The predicted octanol–water partition coefficient (Wildman–Crippen LogP) is 3.52. The topological polar surface area (TPSA) is 33.2 Å². The van der Waals surface area contributed by atoms with Crippen LogP contribution in [-0.4, -0.2) is 22.3 Å². The van der Waals surface area contributed by atoms with Crippen LogP contribution >= 0.6 is 0 Å². The third-order valence-electron chi connectivity index (χ3n) is 3.19. The summed E-state index contributed by atoms with van der Waals surface area (Å²) in [7, 11) is 0. The van der Waals surface area contributed by atoms with Gasteiger partial charge in [0.25, 0.3) is 5.91 Å². The van der Waals surface area contributed by atoms with Crippen LogP contribution < -0.4 is 0 Å². The van der Waals surface area contributed by atoms with E-state index < -0.39 is 0 Å². The van der Waals surface area contributed by atoms with Crippen LogP contribution in [0.25, 0.3) is 0 Å². The van der Waals surface area contributed by atoms with Crippen LogP contribution in [0.4, 0.5) is 0 Å². The highest BCUT2D eigenvalue weighted by Gasteiger charge is 2.15. The molecule has 0 aliphatic carbocycles. The molecule has 0 aliphatic heterocycles. The lowest BCUT2D eigenvalue weighted by molar-refractivity contribution is 0.0740. The van der Waals surface area contributed by atoms with E-state index >= 15 is 0 Å². The molecule has 2 aromatic rings. The SMILES string of the molecule is CCCCN(Cc1ccccc1)C(=O)c1cccnc1. The number of aromatic nitrogens is 1. The molecule has 0 radical (unpaired) electrons. The predicted molar refractivity (Wildman–Crippen MR) is 80.3 cm³/mol. The van der Waals surface area contributed by atoms with Crippen LogP contribution in [0.1, 0.15) is 35.7 Å². The van der Waals surface area contributed by atoms with Gasteiger partial charge in [-0.1, -0.05) is 43.7 Å². The molecule has 1 aromatic heterocycles. The van der Waals surface area contributed by atoms with Crippen LogP contribution in [-0.2, 0) is 6.54 Å². The van der Waals surface area contributed by atoms with Crippen LogP contribution in [0, 0.1) is 0 Å². The zero-order chi connectivity index (χ0) is 14.2. The van der Waals surface area contributed by atoms with Gasteiger partial charge >= 0.3 is 0 Å². The monoisotopic (exact) mass is 268 g/mol. The molecule has 0 N–H and O–H groups in total. The third kappa shape index (κ3) is 3.92. The van der Waals surface area contributed by atoms with E-state index in [1.165, 1.54) is 0 Å². The summed E-state index contributed by atoms with van der Waals surface area (Å²) in [4.78, 5) is 18.5. The van der Waals surface area contributed by atoms with Crippen molar-refractivity contribution in [3.63, 3.8) is 0 Å². The number of benzene rings is 1. The zero-order valence-electron chi connectivity index (χ0n) is 11.8. The molecule has 2 rings (SSSR count). The van der Waals surface area contributed by atoms with E-state index in [9.17, 15) is 4.79 Å². The molecule has 0 aliphatic rings. The molecule has 0 bridgehead atoms. The Labute approximate surface area is 120 Å². The summed E-state index contributed by atoms with van der Waals surface area (Å²) in [5.41, 5.74) is 1.81. The normalized spacial score (nSPS) is 10.2. The Morgan fingerprint density at radius 1 is 1.15 bits per heavy atom. The van der Waals surface area contributed by atoms with Crippen LogP contribution in [0.3, 0.4) is 0 Å². The lowest BCUT2D eigenvalue weighted by Gasteiger charge is -2.22. The summed E-state index contributed by atoms with van der Waals surface area (Å²) >= 11 is 0. The summed E-state index contributed by atoms with van der Waals surface area (Å²) in [6, 6.07) is 13.7. The van der Waals surface area contributed by atoms with Crippen molar-refractivity contribution in [2.75, 3.05) is 6.54 Å². The molecule has 1 amide bonds. The number of rotatable bonds is 6. The molecule has 104 valence electrons. The maximum absolute atomic E-state index is 12.5. The number of unbranched alkanes of at least 4 members (excludes halogenated alkanes) is 1. The number of hydrogen-bond acceptors (Lipinski definition) is 2. The second-order valence-corrected chi connectivity index (χ2v) is 4.81. The number of nitrogens with zero attached hydrogens (tertiary/aromatic N) is 2. The van der Waals surface area contributed by atoms with E-state index in [0.29, 0.717) is 12.1 Å². The highest BCUT2D eigenvalue weighted by molar-refractivity contribution is 5.93. The van der Waals surface area contributed by atoms with Gasteiger partial charge in [-0.2, -0.15) is 0 Å². The zero-order valence-corrected chi connectivity index (χ0v) is 11.8. The lowest BCUT2D eigenvalue weighted by Crippen LogP contribution is -2.31. The maximum atomic E-state index is 12.5. The van der Waals surface area contributed by atoms with Gasteiger partial charge in [-0.05, 0) is 24.1 Å². The maximum Gasteiger partial charge on any atom is 0.255 e. The molecule has 0 unspecified atom stereocenters. The second kappa shape index (κ2) is 7.43. The van der Waals surface area contributed by atoms with Gasteiger partial charge in [-0.25, -0.2) is 0 Å². The fourth-order valence-corrected chi connectivity index (χ4v) is 2.08. The quantitative estimate of drug-likeness (QED) is 0.803. The molecular formula is C17H20N2O.